The van der Waals surface area contributed by atoms with E-state index in [0.29, 0.717) is 61.2 Å². The number of aliphatic hydroxyl groups is 1. The summed E-state index contributed by atoms with van der Waals surface area (Å²) in [5.74, 6) is 0.175. The summed E-state index contributed by atoms with van der Waals surface area (Å²) in [6, 6.07) is 9.79. The Kier molecular flexibility index (Phi) is 9.48. The molecule has 210 valence electrons. The molecular weight excluding hydrogens is 500 g/mol. The highest BCUT2D eigenvalue weighted by molar-refractivity contribution is 6.46. The highest BCUT2D eigenvalue weighted by Gasteiger charge is 2.46. The van der Waals surface area contributed by atoms with E-state index in [9.17, 15) is 14.7 Å². The third-order valence-corrected chi connectivity index (χ3v) is 7.15. The summed E-state index contributed by atoms with van der Waals surface area (Å²) >= 11 is 0. The first kappa shape index (κ1) is 28.4. The maximum absolute atomic E-state index is 13.4. The number of likely N-dealkylation sites (tertiary alicyclic amines) is 1. The van der Waals surface area contributed by atoms with Gasteiger partial charge in [0, 0.05) is 31.7 Å². The Hall–Kier alpha value is -3.56. The van der Waals surface area contributed by atoms with Crippen LogP contribution in [0.4, 0.5) is 0 Å². The lowest BCUT2D eigenvalue weighted by atomic mass is 9.94. The molecule has 9 heteroatoms. The number of carbonyl (C=O) groups excluding carboxylic acids is 2. The summed E-state index contributed by atoms with van der Waals surface area (Å²) in [4.78, 5) is 30.6. The Balaban J connectivity index is 1.72. The number of aliphatic hydroxyl groups excluding tert-OH is 1. The summed E-state index contributed by atoms with van der Waals surface area (Å²) in [5.41, 5.74) is 1.99. The fraction of sp³-hybridized carbons (Fsp3) is 0.467. The number of rotatable bonds is 11. The van der Waals surface area contributed by atoms with Gasteiger partial charge in [-0.1, -0.05) is 13.0 Å². The second-order valence-electron chi connectivity index (χ2n) is 9.74. The first-order valence-electron chi connectivity index (χ1n) is 13.4. The molecule has 39 heavy (non-hydrogen) atoms. The third-order valence-electron chi connectivity index (χ3n) is 7.15. The summed E-state index contributed by atoms with van der Waals surface area (Å²) in [6.07, 6.45) is 1.56. The SMILES string of the molecule is CCCOc1ccc(/C(O)=C2\C(=O)C(=O)N(CCCN3CCOCC3)C2c2ccc(OC)c(OC)c2)cc1C. The lowest BCUT2D eigenvalue weighted by Crippen LogP contribution is -2.38. The number of hydrogen-bond donors (Lipinski definition) is 1. The smallest absolute Gasteiger partial charge is 0.295 e. The van der Waals surface area contributed by atoms with E-state index < -0.39 is 17.7 Å². The molecule has 1 atom stereocenters. The Morgan fingerprint density at radius 1 is 1.00 bits per heavy atom. The molecule has 1 N–H and O–H groups in total. The molecule has 0 aromatic heterocycles. The summed E-state index contributed by atoms with van der Waals surface area (Å²) in [5, 5.41) is 11.5. The first-order chi connectivity index (χ1) is 18.9. The average Bonchev–Trinajstić information content (AvgIpc) is 3.21. The number of morpholine rings is 1. The average molecular weight is 539 g/mol. The minimum absolute atomic E-state index is 0.0558. The van der Waals surface area contributed by atoms with Crippen molar-refractivity contribution in [1.82, 2.24) is 9.80 Å². The van der Waals surface area contributed by atoms with Crippen LogP contribution in [0.2, 0.25) is 0 Å². The van der Waals surface area contributed by atoms with Gasteiger partial charge in [0.2, 0.25) is 0 Å². The number of amides is 1. The number of ketones is 1. The van der Waals surface area contributed by atoms with Gasteiger partial charge in [0.1, 0.15) is 11.5 Å². The predicted molar refractivity (Wildman–Crippen MR) is 147 cm³/mol. The summed E-state index contributed by atoms with van der Waals surface area (Å²) in [7, 11) is 3.08. The summed E-state index contributed by atoms with van der Waals surface area (Å²) < 4.78 is 22.1. The maximum Gasteiger partial charge on any atom is 0.295 e. The molecule has 0 aliphatic carbocycles. The molecule has 2 aromatic rings. The van der Waals surface area contributed by atoms with E-state index in [1.165, 1.54) is 7.11 Å². The maximum atomic E-state index is 13.4. The van der Waals surface area contributed by atoms with Gasteiger partial charge in [-0.05, 0) is 61.2 Å². The molecule has 0 spiro atoms. The molecule has 9 nitrogen and oxygen atoms in total. The van der Waals surface area contributed by atoms with Crippen LogP contribution in [0.3, 0.4) is 0 Å². The van der Waals surface area contributed by atoms with E-state index in [1.807, 2.05) is 13.8 Å². The number of carbonyl (C=O) groups is 2. The molecule has 2 heterocycles. The molecule has 2 aromatic carbocycles. The molecule has 2 saturated heterocycles. The van der Waals surface area contributed by atoms with Crippen molar-refractivity contribution in [3.8, 4) is 17.2 Å². The van der Waals surface area contributed by atoms with Crippen molar-refractivity contribution in [2.24, 2.45) is 0 Å². The van der Waals surface area contributed by atoms with Crippen LogP contribution in [-0.2, 0) is 14.3 Å². The van der Waals surface area contributed by atoms with E-state index in [1.54, 1.807) is 48.4 Å². The van der Waals surface area contributed by atoms with Gasteiger partial charge in [-0.2, -0.15) is 0 Å². The molecule has 2 aliphatic rings. The van der Waals surface area contributed by atoms with E-state index in [2.05, 4.69) is 4.90 Å². The van der Waals surface area contributed by atoms with E-state index in [0.717, 1.165) is 31.6 Å². The Bertz CT molecular complexity index is 1220. The molecule has 0 saturated carbocycles. The van der Waals surface area contributed by atoms with Crippen molar-refractivity contribution < 1.29 is 33.6 Å². The van der Waals surface area contributed by atoms with E-state index in [-0.39, 0.29) is 11.3 Å². The monoisotopic (exact) mass is 538 g/mol. The predicted octanol–water partition coefficient (Wildman–Crippen LogP) is 3.95. The Labute approximate surface area is 229 Å². The zero-order chi connectivity index (χ0) is 27.9. The standard InChI is InChI=1S/C30H38N2O7/c1-5-15-39-23-9-8-22(18-20(23)2)28(33)26-27(21-7-10-24(36-3)25(19-21)37-4)32(30(35)29(26)34)12-6-11-31-13-16-38-17-14-31/h7-10,18-19,27,33H,5-6,11-17H2,1-4H3/b28-26+. The fourth-order valence-electron chi connectivity index (χ4n) is 5.10. The molecular formula is C30H38N2O7. The number of Topliss-reactive ketones (excluding diaryl/α,β-unsaturated/α-hetero) is 1. The Morgan fingerprint density at radius 2 is 1.72 bits per heavy atom. The van der Waals surface area contributed by atoms with Gasteiger partial charge in [0.15, 0.2) is 11.5 Å². The third kappa shape index (κ3) is 6.20. The highest BCUT2D eigenvalue weighted by Crippen LogP contribution is 2.42. The van der Waals surface area contributed by atoms with Gasteiger partial charge >= 0.3 is 0 Å². The minimum Gasteiger partial charge on any atom is -0.507 e. The van der Waals surface area contributed by atoms with Crippen LogP contribution in [0, 0.1) is 6.92 Å². The van der Waals surface area contributed by atoms with Crippen molar-refractivity contribution in [2.45, 2.75) is 32.7 Å². The van der Waals surface area contributed by atoms with Crippen LogP contribution in [0.25, 0.3) is 5.76 Å². The second-order valence-corrected chi connectivity index (χ2v) is 9.74. The van der Waals surface area contributed by atoms with Gasteiger partial charge in [-0.25, -0.2) is 0 Å². The molecule has 4 rings (SSSR count). The number of ether oxygens (including phenoxy) is 4. The normalized spacial score (nSPS) is 19.4. The molecule has 1 amide bonds. The topological polar surface area (TPSA) is 97.8 Å². The molecule has 2 aliphatic heterocycles. The largest absolute Gasteiger partial charge is 0.507 e. The van der Waals surface area contributed by atoms with Gasteiger partial charge < -0.3 is 29.0 Å². The second kappa shape index (κ2) is 13.0. The molecule has 0 bridgehead atoms. The van der Waals surface area contributed by atoms with Crippen LogP contribution in [0.1, 0.15) is 42.5 Å². The van der Waals surface area contributed by atoms with Gasteiger partial charge in [-0.3, -0.25) is 14.5 Å². The Morgan fingerprint density at radius 3 is 2.38 bits per heavy atom. The number of methoxy groups -OCH3 is 2. The fourth-order valence-corrected chi connectivity index (χ4v) is 5.10. The zero-order valence-corrected chi connectivity index (χ0v) is 23.2. The number of benzene rings is 2. The van der Waals surface area contributed by atoms with Crippen molar-refractivity contribution in [3.05, 3.63) is 58.7 Å². The first-order valence-corrected chi connectivity index (χ1v) is 13.4. The van der Waals surface area contributed by atoms with Gasteiger partial charge in [0.25, 0.3) is 11.7 Å². The van der Waals surface area contributed by atoms with Crippen molar-refractivity contribution in [3.63, 3.8) is 0 Å². The quantitative estimate of drug-likeness (QED) is 0.261. The van der Waals surface area contributed by atoms with E-state index in [4.69, 9.17) is 18.9 Å². The van der Waals surface area contributed by atoms with Crippen molar-refractivity contribution >= 4 is 17.4 Å². The number of aryl methyl sites for hydroxylation is 1. The van der Waals surface area contributed by atoms with Gasteiger partial charge in [-0.15, -0.1) is 0 Å². The minimum atomic E-state index is -0.772. The lowest BCUT2D eigenvalue weighted by molar-refractivity contribution is -0.140. The van der Waals surface area contributed by atoms with Crippen LogP contribution in [-0.4, -0.2) is 86.8 Å². The number of hydrogen-bond acceptors (Lipinski definition) is 8. The molecule has 1 unspecified atom stereocenters. The zero-order valence-electron chi connectivity index (χ0n) is 23.2. The van der Waals surface area contributed by atoms with Crippen LogP contribution in [0.15, 0.2) is 42.0 Å². The van der Waals surface area contributed by atoms with Crippen LogP contribution in [0.5, 0.6) is 17.2 Å². The van der Waals surface area contributed by atoms with Crippen LogP contribution >= 0.6 is 0 Å². The molecule has 0 radical (unpaired) electrons. The van der Waals surface area contributed by atoms with Gasteiger partial charge in [0.05, 0.1) is 45.7 Å². The van der Waals surface area contributed by atoms with Crippen molar-refractivity contribution in [1.29, 1.82) is 0 Å². The lowest BCUT2D eigenvalue weighted by Gasteiger charge is -2.29. The van der Waals surface area contributed by atoms with E-state index >= 15 is 0 Å². The van der Waals surface area contributed by atoms with Crippen LogP contribution < -0.4 is 14.2 Å². The highest BCUT2D eigenvalue weighted by atomic mass is 16.5. The molecule has 2 fully saturated rings. The van der Waals surface area contributed by atoms with Crippen molar-refractivity contribution in [2.75, 3.05) is 60.2 Å². The summed E-state index contributed by atoms with van der Waals surface area (Å²) in [6.45, 7) is 8.71. The number of nitrogens with zero attached hydrogens (tertiary/aromatic N) is 2.